The highest BCUT2D eigenvalue weighted by Gasteiger charge is 2.21. The first-order valence-corrected chi connectivity index (χ1v) is 9.70. The van der Waals surface area contributed by atoms with Gasteiger partial charge in [-0.1, -0.05) is 24.3 Å². The zero-order valence-corrected chi connectivity index (χ0v) is 16.0. The number of benzene rings is 1. The number of anilines is 1. The molecule has 1 aromatic carbocycles. The zero-order chi connectivity index (χ0) is 19.2. The van der Waals surface area contributed by atoms with Crippen LogP contribution < -0.4 is 4.90 Å². The molecule has 3 rings (SSSR count). The number of nitriles is 1. The lowest BCUT2D eigenvalue weighted by Gasteiger charge is -2.19. The number of thiophene rings is 1. The number of aryl methyl sites for hydroxylation is 1. The Labute approximate surface area is 164 Å². The Hall–Kier alpha value is -3.02. The lowest BCUT2D eigenvalue weighted by Crippen LogP contribution is -2.35. The van der Waals surface area contributed by atoms with Gasteiger partial charge in [-0.3, -0.25) is 9.69 Å². The van der Waals surface area contributed by atoms with Crippen molar-refractivity contribution in [3.8, 4) is 16.0 Å². The Balaban J connectivity index is 1.68. The molecule has 0 spiro atoms. The van der Waals surface area contributed by atoms with Gasteiger partial charge in [0, 0.05) is 5.69 Å². The fourth-order valence-electron chi connectivity index (χ4n) is 2.36. The molecule has 136 valence electrons. The molecule has 27 heavy (non-hydrogen) atoms. The third-order valence-electron chi connectivity index (χ3n) is 3.64. The van der Waals surface area contributed by atoms with E-state index in [0.29, 0.717) is 16.3 Å². The summed E-state index contributed by atoms with van der Waals surface area (Å²) in [6.07, 6.45) is 0. The Morgan fingerprint density at radius 3 is 2.67 bits per heavy atom. The number of carbonyl (C=O) groups is 2. The molecule has 0 saturated carbocycles. The fourth-order valence-corrected chi connectivity index (χ4v) is 4.12. The molecule has 8 heteroatoms. The van der Waals surface area contributed by atoms with Gasteiger partial charge in [0.2, 0.25) is 0 Å². The molecule has 0 N–H and O–H groups in total. The summed E-state index contributed by atoms with van der Waals surface area (Å²) < 4.78 is 5.18. The maximum Gasteiger partial charge on any atom is 0.350 e. The topological polar surface area (TPSA) is 83.3 Å². The van der Waals surface area contributed by atoms with Crippen LogP contribution >= 0.6 is 22.7 Å². The molecular formula is C19H15N3O3S2. The number of thiazole rings is 1. The minimum atomic E-state index is -0.592. The summed E-state index contributed by atoms with van der Waals surface area (Å²) in [6, 6.07) is 14.6. The Morgan fingerprint density at radius 2 is 2.00 bits per heavy atom. The molecule has 0 aliphatic carbocycles. The average molecular weight is 397 g/mol. The summed E-state index contributed by atoms with van der Waals surface area (Å²) >= 11 is 2.78. The van der Waals surface area contributed by atoms with Crippen LogP contribution in [0.5, 0.6) is 0 Å². The molecule has 0 saturated heterocycles. The molecule has 2 aromatic heterocycles. The number of rotatable bonds is 6. The molecule has 1 amide bonds. The first-order chi connectivity index (χ1) is 13.1. The fraction of sp³-hybridized carbons (Fsp3) is 0.158. The van der Waals surface area contributed by atoms with Crippen molar-refractivity contribution in [1.82, 2.24) is 4.98 Å². The second kappa shape index (κ2) is 8.58. The summed E-state index contributed by atoms with van der Waals surface area (Å²) in [7, 11) is 0. The van der Waals surface area contributed by atoms with E-state index in [2.05, 4.69) is 4.98 Å². The molecule has 0 aliphatic heterocycles. The van der Waals surface area contributed by atoms with Crippen LogP contribution in [0, 0.1) is 18.3 Å². The molecule has 0 radical (unpaired) electrons. The number of ether oxygens (including phenoxy) is 1. The summed E-state index contributed by atoms with van der Waals surface area (Å²) in [5.74, 6) is -1.05. The van der Waals surface area contributed by atoms with Crippen LogP contribution in [0.3, 0.4) is 0 Å². The van der Waals surface area contributed by atoms with E-state index in [1.165, 1.54) is 27.6 Å². The molecule has 0 bridgehead atoms. The predicted octanol–water partition coefficient (Wildman–Crippen LogP) is 3.89. The Bertz CT molecular complexity index is 976. The van der Waals surface area contributed by atoms with E-state index >= 15 is 0 Å². The number of para-hydroxylation sites is 1. The second-order valence-corrected chi connectivity index (χ2v) is 7.41. The Morgan fingerprint density at radius 1 is 1.22 bits per heavy atom. The minimum absolute atomic E-state index is 0.123. The third-order valence-corrected chi connectivity index (χ3v) is 5.81. The average Bonchev–Trinajstić information content (AvgIpc) is 3.34. The summed E-state index contributed by atoms with van der Waals surface area (Å²) in [5, 5.41) is 11.7. The van der Waals surface area contributed by atoms with Crippen molar-refractivity contribution in [2.75, 3.05) is 18.1 Å². The van der Waals surface area contributed by atoms with E-state index in [0.717, 1.165) is 9.88 Å². The smallest absolute Gasteiger partial charge is 0.350 e. The van der Waals surface area contributed by atoms with Crippen molar-refractivity contribution < 1.29 is 14.3 Å². The maximum absolute atomic E-state index is 12.4. The standard InChI is InChI=1S/C19H15N3O3S2/c1-13-17(27-18(21-13)15-8-5-11-26-15)19(24)25-12-16(23)22(10-9-20)14-6-3-2-4-7-14/h2-8,11H,10,12H2,1H3. The van der Waals surface area contributed by atoms with Crippen molar-refractivity contribution in [1.29, 1.82) is 5.26 Å². The number of aromatic nitrogens is 1. The summed E-state index contributed by atoms with van der Waals surface area (Å²) in [5.41, 5.74) is 1.15. The van der Waals surface area contributed by atoms with E-state index < -0.39 is 18.5 Å². The van der Waals surface area contributed by atoms with E-state index in [9.17, 15) is 9.59 Å². The molecule has 0 unspecified atom stereocenters. The van der Waals surface area contributed by atoms with E-state index in [1.54, 1.807) is 31.2 Å². The van der Waals surface area contributed by atoms with E-state index in [1.807, 2.05) is 29.6 Å². The van der Waals surface area contributed by atoms with Crippen molar-refractivity contribution in [2.45, 2.75) is 6.92 Å². The molecule has 0 aliphatic rings. The maximum atomic E-state index is 12.4. The molecule has 0 fully saturated rings. The molecule has 3 aromatic rings. The zero-order valence-electron chi connectivity index (χ0n) is 14.4. The van der Waals surface area contributed by atoms with Crippen LogP contribution in [-0.2, 0) is 9.53 Å². The number of amides is 1. The lowest BCUT2D eigenvalue weighted by molar-refractivity contribution is -0.121. The largest absolute Gasteiger partial charge is 0.451 e. The monoisotopic (exact) mass is 397 g/mol. The first kappa shape index (κ1) is 18.8. The van der Waals surface area contributed by atoms with Gasteiger partial charge in [-0.25, -0.2) is 9.78 Å². The molecular weight excluding hydrogens is 382 g/mol. The van der Waals surface area contributed by atoms with Crippen molar-refractivity contribution in [3.05, 3.63) is 58.4 Å². The quantitative estimate of drug-likeness (QED) is 0.465. The molecule has 6 nitrogen and oxygen atoms in total. The van der Waals surface area contributed by atoms with Gasteiger partial charge in [0.05, 0.1) is 16.6 Å². The minimum Gasteiger partial charge on any atom is -0.451 e. The highest BCUT2D eigenvalue weighted by molar-refractivity contribution is 7.22. The number of nitrogens with zero attached hydrogens (tertiary/aromatic N) is 3. The SMILES string of the molecule is Cc1nc(-c2cccs2)sc1C(=O)OCC(=O)N(CC#N)c1ccccc1. The van der Waals surface area contributed by atoms with Crippen LogP contribution in [0.4, 0.5) is 5.69 Å². The normalized spacial score (nSPS) is 10.2. The first-order valence-electron chi connectivity index (χ1n) is 8.01. The van der Waals surface area contributed by atoms with E-state index in [-0.39, 0.29) is 6.54 Å². The van der Waals surface area contributed by atoms with Gasteiger partial charge in [0.1, 0.15) is 16.4 Å². The van der Waals surface area contributed by atoms with Crippen LogP contribution in [0.1, 0.15) is 15.4 Å². The van der Waals surface area contributed by atoms with Gasteiger partial charge in [-0.2, -0.15) is 5.26 Å². The van der Waals surface area contributed by atoms with Gasteiger partial charge in [-0.05, 0) is 30.5 Å². The summed E-state index contributed by atoms with van der Waals surface area (Å²) in [4.78, 5) is 31.9. The second-order valence-electron chi connectivity index (χ2n) is 5.46. The summed E-state index contributed by atoms with van der Waals surface area (Å²) in [6.45, 7) is 1.17. The molecule has 0 atom stereocenters. The van der Waals surface area contributed by atoms with Crippen molar-refractivity contribution in [3.63, 3.8) is 0 Å². The highest BCUT2D eigenvalue weighted by atomic mass is 32.1. The van der Waals surface area contributed by atoms with Crippen molar-refractivity contribution >= 4 is 40.2 Å². The predicted molar refractivity (Wildman–Crippen MR) is 105 cm³/mol. The number of hydrogen-bond acceptors (Lipinski definition) is 7. The third kappa shape index (κ3) is 4.39. The Kier molecular flexibility index (Phi) is 5.96. The highest BCUT2D eigenvalue weighted by Crippen LogP contribution is 2.31. The number of esters is 1. The van der Waals surface area contributed by atoms with Crippen LogP contribution in [-0.4, -0.2) is 30.0 Å². The van der Waals surface area contributed by atoms with Gasteiger partial charge < -0.3 is 4.74 Å². The number of carbonyl (C=O) groups excluding carboxylic acids is 2. The van der Waals surface area contributed by atoms with Gasteiger partial charge in [0.25, 0.3) is 5.91 Å². The van der Waals surface area contributed by atoms with Crippen molar-refractivity contribution in [2.24, 2.45) is 0 Å². The van der Waals surface area contributed by atoms with Gasteiger partial charge in [0.15, 0.2) is 6.61 Å². The molecule has 2 heterocycles. The lowest BCUT2D eigenvalue weighted by atomic mass is 10.3. The van der Waals surface area contributed by atoms with Crippen LogP contribution in [0.15, 0.2) is 47.8 Å². The van der Waals surface area contributed by atoms with E-state index in [4.69, 9.17) is 10.00 Å². The van der Waals surface area contributed by atoms with Crippen LogP contribution in [0.25, 0.3) is 9.88 Å². The number of hydrogen-bond donors (Lipinski definition) is 0. The van der Waals surface area contributed by atoms with Crippen LogP contribution in [0.2, 0.25) is 0 Å². The van der Waals surface area contributed by atoms with Gasteiger partial charge >= 0.3 is 5.97 Å². The van der Waals surface area contributed by atoms with Gasteiger partial charge in [-0.15, -0.1) is 22.7 Å².